The largest absolute Gasteiger partial charge is 0.271 e. The molecule has 0 N–H and O–H groups in total. The summed E-state index contributed by atoms with van der Waals surface area (Å²) in [6, 6.07) is 0. The Balaban J connectivity index is 2.46. The second-order valence-electron chi connectivity index (χ2n) is 2.90. The van der Waals surface area contributed by atoms with Crippen molar-refractivity contribution in [3.63, 3.8) is 0 Å². The fourth-order valence-corrected chi connectivity index (χ4v) is 1.32. The lowest BCUT2D eigenvalue weighted by atomic mass is 9.96. The number of nitrogens with zero attached hydrogens (tertiary/aromatic N) is 2. The number of carbonyl (C=O) groups excluding carboxylic acids is 1. The van der Waals surface area contributed by atoms with Gasteiger partial charge in [-0.05, 0) is 19.1 Å². The molecule has 0 saturated carbocycles. The quantitative estimate of drug-likeness (QED) is 0.553. The van der Waals surface area contributed by atoms with E-state index in [0.717, 1.165) is 0 Å². The smallest absolute Gasteiger partial charge is 0.260 e. The third-order valence-electron chi connectivity index (χ3n) is 1.88. The van der Waals surface area contributed by atoms with Gasteiger partial charge in [0.25, 0.3) is 5.91 Å². The summed E-state index contributed by atoms with van der Waals surface area (Å²) in [5, 5.41) is 0. The van der Waals surface area contributed by atoms with Crippen molar-refractivity contribution in [1.29, 1.82) is 0 Å². The first-order valence-electron chi connectivity index (χ1n) is 3.90. The van der Waals surface area contributed by atoms with Gasteiger partial charge in [-0.15, -0.1) is 0 Å². The first kappa shape index (κ1) is 8.04. The Kier molecular flexibility index (Phi) is 1.69. The molecule has 1 aliphatic heterocycles. The highest BCUT2D eigenvalue weighted by Crippen LogP contribution is 2.19. The van der Waals surface area contributed by atoms with Crippen LogP contribution >= 0.6 is 0 Å². The summed E-state index contributed by atoms with van der Waals surface area (Å²) in [4.78, 5) is 18.9. The second-order valence-corrected chi connectivity index (χ2v) is 2.90. The SMILES string of the molecule is CC1=NC(=O)C2C=CC(F)=CC2=N1. The van der Waals surface area contributed by atoms with Gasteiger partial charge >= 0.3 is 0 Å². The molecule has 2 rings (SSSR count). The Morgan fingerprint density at radius 2 is 2.23 bits per heavy atom. The third kappa shape index (κ3) is 1.35. The number of rotatable bonds is 0. The van der Waals surface area contributed by atoms with Crippen molar-refractivity contribution in [2.75, 3.05) is 0 Å². The van der Waals surface area contributed by atoms with Gasteiger partial charge in [0.1, 0.15) is 17.6 Å². The molecule has 1 amide bonds. The van der Waals surface area contributed by atoms with Crippen molar-refractivity contribution in [2.24, 2.45) is 15.9 Å². The number of hydrogen-bond acceptors (Lipinski definition) is 2. The number of fused-ring (bicyclic) bond motifs is 1. The van der Waals surface area contributed by atoms with E-state index in [0.29, 0.717) is 11.5 Å². The number of halogens is 1. The lowest BCUT2D eigenvalue weighted by Crippen LogP contribution is -2.26. The normalized spacial score (nSPS) is 26.2. The molecule has 4 heteroatoms. The summed E-state index contributed by atoms with van der Waals surface area (Å²) in [7, 11) is 0. The molecule has 0 aromatic heterocycles. The van der Waals surface area contributed by atoms with Crippen molar-refractivity contribution in [3.05, 3.63) is 24.1 Å². The molecule has 0 aromatic rings. The van der Waals surface area contributed by atoms with E-state index in [1.165, 1.54) is 18.2 Å². The monoisotopic (exact) mass is 178 g/mol. The van der Waals surface area contributed by atoms with E-state index in [2.05, 4.69) is 9.98 Å². The van der Waals surface area contributed by atoms with E-state index in [-0.39, 0.29) is 11.7 Å². The average Bonchev–Trinajstić information content (AvgIpc) is 2.02. The predicted octanol–water partition coefficient (Wildman–Crippen LogP) is 1.43. The fourth-order valence-electron chi connectivity index (χ4n) is 1.32. The van der Waals surface area contributed by atoms with E-state index < -0.39 is 5.92 Å². The maximum absolute atomic E-state index is 12.8. The van der Waals surface area contributed by atoms with Crippen LogP contribution < -0.4 is 0 Å². The molecule has 0 spiro atoms. The van der Waals surface area contributed by atoms with Gasteiger partial charge in [-0.1, -0.05) is 6.08 Å². The minimum absolute atomic E-state index is 0.275. The van der Waals surface area contributed by atoms with Gasteiger partial charge in [-0.2, -0.15) is 4.99 Å². The number of aliphatic imine (C=N–C) groups is 2. The Morgan fingerprint density at radius 3 is 3.00 bits per heavy atom. The number of allylic oxidation sites excluding steroid dienone is 3. The molecule has 1 heterocycles. The third-order valence-corrected chi connectivity index (χ3v) is 1.88. The van der Waals surface area contributed by atoms with E-state index in [9.17, 15) is 9.18 Å². The van der Waals surface area contributed by atoms with Gasteiger partial charge < -0.3 is 0 Å². The molecular weight excluding hydrogens is 171 g/mol. The Bertz CT molecular complexity index is 390. The van der Waals surface area contributed by atoms with Crippen LogP contribution in [0.15, 0.2) is 34.0 Å². The predicted molar refractivity (Wildman–Crippen MR) is 47.4 cm³/mol. The Hall–Kier alpha value is -1.58. The van der Waals surface area contributed by atoms with Crippen LogP contribution in [0.2, 0.25) is 0 Å². The van der Waals surface area contributed by atoms with Gasteiger partial charge in [0.05, 0.1) is 5.71 Å². The Labute approximate surface area is 74.4 Å². The number of amidine groups is 1. The van der Waals surface area contributed by atoms with Crippen LogP contribution in [0.5, 0.6) is 0 Å². The molecule has 1 atom stereocenters. The van der Waals surface area contributed by atoms with Gasteiger partial charge in [0.2, 0.25) is 0 Å². The minimum atomic E-state index is -0.483. The number of carbonyl (C=O) groups is 1. The molecule has 66 valence electrons. The molecule has 0 aromatic carbocycles. The fraction of sp³-hybridized carbons (Fsp3) is 0.222. The molecule has 0 bridgehead atoms. The number of hydrogen-bond donors (Lipinski definition) is 0. The van der Waals surface area contributed by atoms with Gasteiger partial charge in [-0.25, -0.2) is 9.38 Å². The molecule has 1 aliphatic carbocycles. The molecule has 0 saturated heterocycles. The first-order chi connectivity index (χ1) is 6.16. The second kappa shape index (κ2) is 2.73. The van der Waals surface area contributed by atoms with Gasteiger partial charge in [0.15, 0.2) is 0 Å². The molecular formula is C9H7FN2O. The van der Waals surface area contributed by atoms with Crippen LogP contribution in [-0.2, 0) is 4.79 Å². The van der Waals surface area contributed by atoms with Gasteiger partial charge in [0, 0.05) is 0 Å². The zero-order chi connectivity index (χ0) is 9.42. The summed E-state index contributed by atoms with van der Waals surface area (Å²) >= 11 is 0. The summed E-state index contributed by atoms with van der Waals surface area (Å²) in [6.45, 7) is 1.62. The molecule has 1 unspecified atom stereocenters. The lowest BCUT2D eigenvalue weighted by Gasteiger charge is -2.16. The maximum atomic E-state index is 12.8. The topological polar surface area (TPSA) is 41.8 Å². The van der Waals surface area contributed by atoms with Gasteiger partial charge in [-0.3, -0.25) is 4.79 Å². The highest BCUT2D eigenvalue weighted by atomic mass is 19.1. The zero-order valence-electron chi connectivity index (χ0n) is 6.99. The zero-order valence-corrected chi connectivity index (χ0v) is 6.99. The minimum Gasteiger partial charge on any atom is -0.271 e. The average molecular weight is 178 g/mol. The molecule has 3 nitrogen and oxygen atoms in total. The molecule has 0 radical (unpaired) electrons. The summed E-state index contributed by atoms with van der Waals surface area (Å²) in [6.07, 6.45) is 4.00. The summed E-state index contributed by atoms with van der Waals surface area (Å²) in [5.74, 6) is -0.751. The van der Waals surface area contributed by atoms with Crippen LogP contribution in [0.3, 0.4) is 0 Å². The van der Waals surface area contributed by atoms with E-state index >= 15 is 0 Å². The highest BCUT2D eigenvalue weighted by molar-refractivity contribution is 6.21. The van der Waals surface area contributed by atoms with Crippen LogP contribution in [0, 0.1) is 5.92 Å². The van der Waals surface area contributed by atoms with E-state index in [1.807, 2.05) is 0 Å². The first-order valence-corrected chi connectivity index (χ1v) is 3.90. The summed E-state index contributed by atoms with van der Waals surface area (Å²) < 4.78 is 12.8. The van der Waals surface area contributed by atoms with Crippen LogP contribution in [0.25, 0.3) is 0 Å². The van der Waals surface area contributed by atoms with Crippen molar-refractivity contribution in [1.82, 2.24) is 0 Å². The number of amides is 1. The van der Waals surface area contributed by atoms with Crippen molar-refractivity contribution in [3.8, 4) is 0 Å². The lowest BCUT2D eigenvalue weighted by molar-refractivity contribution is -0.118. The maximum Gasteiger partial charge on any atom is 0.260 e. The van der Waals surface area contributed by atoms with E-state index in [4.69, 9.17) is 0 Å². The standard InChI is InChI=1S/C9H7FN2O/c1-5-11-8-4-6(10)2-3-7(8)9(13)12-5/h2-4,7H,1H3. The highest BCUT2D eigenvalue weighted by Gasteiger charge is 2.26. The molecule has 2 aliphatic rings. The van der Waals surface area contributed by atoms with Crippen LogP contribution in [0.1, 0.15) is 6.92 Å². The van der Waals surface area contributed by atoms with E-state index in [1.54, 1.807) is 6.92 Å². The molecule has 0 fully saturated rings. The van der Waals surface area contributed by atoms with Crippen molar-refractivity contribution >= 4 is 17.5 Å². The van der Waals surface area contributed by atoms with Crippen molar-refractivity contribution in [2.45, 2.75) is 6.92 Å². The van der Waals surface area contributed by atoms with Crippen LogP contribution in [0.4, 0.5) is 4.39 Å². The van der Waals surface area contributed by atoms with Crippen LogP contribution in [-0.4, -0.2) is 17.5 Å². The van der Waals surface area contributed by atoms with Crippen molar-refractivity contribution < 1.29 is 9.18 Å². The Morgan fingerprint density at radius 1 is 1.46 bits per heavy atom. The summed E-state index contributed by atoms with van der Waals surface area (Å²) in [5.41, 5.74) is 0.442. The molecule has 13 heavy (non-hydrogen) atoms.